The molecule has 0 aromatic carbocycles. The van der Waals surface area contributed by atoms with Crippen molar-refractivity contribution in [2.45, 2.75) is 27.2 Å². The molecule has 0 heterocycles. The zero-order valence-electron chi connectivity index (χ0n) is 9.00. The summed E-state index contributed by atoms with van der Waals surface area (Å²) in [7, 11) is 0. The van der Waals surface area contributed by atoms with Crippen LogP contribution >= 0.6 is 0 Å². The van der Waals surface area contributed by atoms with Gasteiger partial charge in [0.05, 0.1) is 6.61 Å². The lowest BCUT2D eigenvalue weighted by Gasteiger charge is -2.19. The van der Waals surface area contributed by atoms with Crippen molar-refractivity contribution >= 4 is 12.0 Å². The smallest absolute Gasteiger partial charge is 0.416 e. The molecular weight excluding hydrogens is 182 g/mol. The molecule has 0 aliphatic carbocycles. The van der Waals surface area contributed by atoms with Crippen LogP contribution < -0.4 is 0 Å². The van der Waals surface area contributed by atoms with E-state index < -0.39 is 6.09 Å². The summed E-state index contributed by atoms with van der Waals surface area (Å²) in [5.41, 5.74) is 0.339. The quantitative estimate of drug-likeness (QED) is 0.650. The summed E-state index contributed by atoms with van der Waals surface area (Å²) >= 11 is 0. The number of nitrogens with zero attached hydrogens (tertiary/aromatic N) is 1. The van der Waals surface area contributed by atoms with E-state index in [9.17, 15) is 9.59 Å². The van der Waals surface area contributed by atoms with E-state index in [0.717, 1.165) is 4.90 Å². The summed E-state index contributed by atoms with van der Waals surface area (Å²) in [6.07, 6.45) is 0.111. The second kappa shape index (κ2) is 6.18. The monoisotopic (exact) mass is 199 g/mol. The first-order chi connectivity index (χ1) is 6.54. The van der Waals surface area contributed by atoms with E-state index in [0.29, 0.717) is 18.5 Å². The number of rotatable bonds is 4. The largest absolute Gasteiger partial charge is 0.449 e. The molecule has 0 spiro atoms. The van der Waals surface area contributed by atoms with Gasteiger partial charge in [-0.05, 0) is 20.3 Å². The van der Waals surface area contributed by atoms with Crippen molar-refractivity contribution in [2.75, 3.05) is 13.2 Å². The van der Waals surface area contributed by atoms with E-state index in [1.54, 1.807) is 13.8 Å². The van der Waals surface area contributed by atoms with Gasteiger partial charge in [0, 0.05) is 12.1 Å². The summed E-state index contributed by atoms with van der Waals surface area (Å²) in [4.78, 5) is 23.9. The van der Waals surface area contributed by atoms with Crippen LogP contribution in [0.5, 0.6) is 0 Å². The minimum Gasteiger partial charge on any atom is -0.449 e. The highest BCUT2D eigenvalue weighted by molar-refractivity contribution is 6.01. The zero-order chi connectivity index (χ0) is 11.1. The Morgan fingerprint density at radius 1 is 1.36 bits per heavy atom. The van der Waals surface area contributed by atoms with Crippen molar-refractivity contribution < 1.29 is 14.3 Å². The Morgan fingerprint density at radius 3 is 2.29 bits per heavy atom. The summed E-state index contributed by atoms with van der Waals surface area (Å²) in [5.74, 6) is -0.370. The maximum atomic E-state index is 11.5. The number of carbonyl (C=O) groups excluding carboxylic acids is 2. The Morgan fingerprint density at radius 2 is 1.93 bits per heavy atom. The van der Waals surface area contributed by atoms with Crippen LogP contribution in [-0.2, 0) is 9.53 Å². The van der Waals surface area contributed by atoms with E-state index in [1.807, 2.05) is 6.92 Å². The van der Waals surface area contributed by atoms with E-state index in [1.165, 1.54) is 0 Å². The first-order valence-corrected chi connectivity index (χ1v) is 4.68. The van der Waals surface area contributed by atoms with Crippen molar-refractivity contribution in [3.63, 3.8) is 0 Å². The fourth-order valence-electron chi connectivity index (χ4n) is 0.931. The maximum absolute atomic E-state index is 11.5. The van der Waals surface area contributed by atoms with E-state index in [-0.39, 0.29) is 12.5 Å². The van der Waals surface area contributed by atoms with E-state index in [2.05, 4.69) is 6.58 Å². The lowest BCUT2D eigenvalue weighted by Crippen LogP contribution is -2.38. The van der Waals surface area contributed by atoms with Crippen molar-refractivity contribution in [3.05, 3.63) is 12.2 Å². The van der Waals surface area contributed by atoms with E-state index >= 15 is 0 Å². The third-order valence-corrected chi connectivity index (χ3v) is 1.55. The SMILES string of the molecule is C=C(C)C(=O)N(CCC)C(=O)OCC. The predicted molar refractivity (Wildman–Crippen MR) is 53.8 cm³/mol. The van der Waals surface area contributed by atoms with Crippen molar-refractivity contribution in [3.8, 4) is 0 Å². The molecule has 0 bridgehead atoms. The molecule has 0 atom stereocenters. The lowest BCUT2D eigenvalue weighted by atomic mass is 10.3. The Kier molecular flexibility index (Phi) is 5.60. The first-order valence-electron chi connectivity index (χ1n) is 4.68. The van der Waals surface area contributed by atoms with Gasteiger partial charge in [-0.2, -0.15) is 0 Å². The highest BCUT2D eigenvalue weighted by Crippen LogP contribution is 2.03. The third kappa shape index (κ3) is 3.60. The number of carbonyl (C=O) groups is 2. The number of imide groups is 1. The average Bonchev–Trinajstić information content (AvgIpc) is 2.13. The van der Waals surface area contributed by atoms with Crippen molar-refractivity contribution in [2.24, 2.45) is 0 Å². The fourth-order valence-corrected chi connectivity index (χ4v) is 0.931. The standard InChI is InChI=1S/C10H17NO3/c1-5-7-11(9(12)8(3)4)10(13)14-6-2/h3,5-7H2,1-2,4H3. The van der Waals surface area contributed by atoms with Crippen LogP contribution in [0.25, 0.3) is 0 Å². The van der Waals surface area contributed by atoms with Crippen LogP contribution in [0.3, 0.4) is 0 Å². The van der Waals surface area contributed by atoms with Gasteiger partial charge in [-0.15, -0.1) is 0 Å². The molecule has 4 nitrogen and oxygen atoms in total. The highest BCUT2D eigenvalue weighted by atomic mass is 16.6. The van der Waals surface area contributed by atoms with Crippen molar-refractivity contribution in [1.82, 2.24) is 4.90 Å². The number of hydrogen-bond acceptors (Lipinski definition) is 3. The second-order valence-corrected chi connectivity index (χ2v) is 2.94. The molecule has 0 aliphatic heterocycles. The molecule has 0 rings (SSSR count). The van der Waals surface area contributed by atoms with Gasteiger partial charge in [0.1, 0.15) is 0 Å². The van der Waals surface area contributed by atoms with Gasteiger partial charge in [0.25, 0.3) is 5.91 Å². The number of ether oxygens (including phenoxy) is 1. The first kappa shape index (κ1) is 12.7. The molecule has 14 heavy (non-hydrogen) atoms. The van der Waals surface area contributed by atoms with Crippen LogP contribution in [0.4, 0.5) is 4.79 Å². The number of hydrogen-bond donors (Lipinski definition) is 0. The highest BCUT2D eigenvalue weighted by Gasteiger charge is 2.21. The van der Waals surface area contributed by atoms with Gasteiger partial charge in [-0.1, -0.05) is 13.5 Å². The average molecular weight is 199 g/mol. The topological polar surface area (TPSA) is 46.6 Å². The second-order valence-electron chi connectivity index (χ2n) is 2.94. The lowest BCUT2D eigenvalue weighted by molar-refractivity contribution is -0.125. The van der Waals surface area contributed by atoms with Crippen LogP contribution in [0.1, 0.15) is 27.2 Å². The van der Waals surface area contributed by atoms with Gasteiger partial charge in [0.15, 0.2) is 0 Å². The molecule has 0 aliphatic rings. The predicted octanol–water partition coefficient (Wildman–Crippen LogP) is 1.96. The molecule has 0 saturated carbocycles. The third-order valence-electron chi connectivity index (χ3n) is 1.55. The molecule has 2 amide bonds. The molecule has 0 radical (unpaired) electrons. The van der Waals surface area contributed by atoms with E-state index in [4.69, 9.17) is 4.74 Å². The Bertz CT molecular complexity index is 236. The summed E-state index contributed by atoms with van der Waals surface area (Å²) in [6.45, 7) is 9.30. The van der Waals surface area contributed by atoms with Gasteiger partial charge in [-0.25, -0.2) is 9.69 Å². The van der Waals surface area contributed by atoms with Crippen LogP contribution in [0.15, 0.2) is 12.2 Å². The molecule has 0 aromatic heterocycles. The maximum Gasteiger partial charge on any atom is 0.416 e. The summed E-state index contributed by atoms with van der Waals surface area (Å²) < 4.78 is 4.75. The van der Waals surface area contributed by atoms with Gasteiger partial charge in [-0.3, -0.25) is 4.79 Å². The van der Waals surface area contributed by atoms with Crippen molar-refractivity contribution in [1.29, 1.82) is 0 Å². The molecule has 80 valence electrons. The number of amides is 2. The molecule has 0 fully saturated rings. The molecule has 0 N–H and O–H groups in total. The normalized spacial score (nSPS) is 9.36. The van der Waals surface area contributed by atoms with Gasteiger partial charge < -0.3 is 4.74 Å². The Labute approximate surface area is 84.5 Å². The Hall–Kier alpha value is -1.32. The van der Waals surface area contributed by atoms with Gasteiger partial charge in [0.2, 0.25) is 0 Å². The van der Waals surface area contributed by atoms with Gasteiger partial charge >= 0.3 is 6.09 Å². The summed E-state index contributed by atoms with van der Waals surface area (Å²) in [5, 5.41) is 0. The molecule has 4 heteroatoms. The zero-order valence-corrected chi connectivity index (χ0v) is 9.00. The minimum absolute atomic E-state index is 0.266. The molecular formula is C10H17NO3. The molecule has 0 saturated heterocycles. The summed E-state index contributed by atoms with van der Waals surface area (Å²) in [6, 6.07) is 0. The molecule has 0 aromatic rings. The van der Waals surface area contributed by atoms with Crippen LogP contribution in [-0.4, -0.2) is 30.1 Å². The fraction of sp³-hybridized carbons (Fsp3) is 0.600. The Balaban J connectivity index is 4.50. The van der Waals surface area contributed by atoms with Crippen LogP contribution in [0, 0.1) is 0 Å². The van der Waals surface area contributed by atoms with Crippen LogP contribution in [0.2, 0.25) is 0 Å². The minimum atomic E-state index is -0.595. The molecule has 0 unspecified atom stereocenters.